The van der Waals surface area contributed by atoms with Crippen molar-refractivity contribution in [3.05, 3.63) is 18.3 Å². The molecule has 0 radical (unpaired) electrons. The quantitative estimate of drug-likeness (QED) is 0.370. The second-order valence-electron chi connectivity index (χ2n) is 1.40. The lowest BCUT2D eigenvalue weighted by Gasteiger charge is -1.88. The highest BCUT2D eigenvalue weighted by atomic mass is 32.1. The third kappa shape index (κ3) is 1.68. The van der Waals surface area contributed by atoms with Gasteiger partial charge in [0, 0.05) is 6.20 Å². The lowest BCUT2D eigenvalue weighted by molar-refractivity contribution is 1.28. The Morgan fingerprint density at radius 3 is 3.22 bits per heavy atom. The highest BCUT2D eigenvalue weighted by molar-refractivity contribution is 7.78. The number of anilines is 1. The molecule has 46 valence electrons. The Hall–Kier alpha value is -1.12. The Labute approximate surface area is 57.8 Å². The molecule has 0 spiro atoms. The summed E-state index contributed by atoms with van der Waals surface area (Å²) < 4.78 is 0. The Bertz CT molecular complexity index is 210. The summed E-state index contributed by atoms with van der Waals surface area (Å²) in [6.45, 7) is 0. The number of aromatic amines is 1. The first kappa shape index (κ1) is 6.01. The van der Waals surface area contributed by atoms with Crippen molar-refractivity contribution >= 4 is 23.2 Å². The molecule has 4 heteroatoms. The first-order valence-corrected chi connectivity index (χ1v) is 2.80. The van der Waals surface area contributed by atoms with Crippen molar-refractivity contribution in [2.45, 2.75) is 0 Å². The Morgan fingerprint density at radius 1 is 1.78 bits per heavy atom. The Kier molecular flexibility index (Phi) is 2.01. The minimum absolute atomic E-state index is 0.812. The smallest absolute Gasteiger partial charge is 0.124 e. The second kappa shape index (κ2) is 3.02. The molecule has 2 N–H and O–H groups in total. The zero-order chi connectivity index (χ0) is 6.53. The number of nitrogens with one attached hydrogen (secondary N) is 2. The zero-order valence-corrected chi connectivity index (χ0v) is 5.40. The van der Waals surface area contributed by atoms with Crippen LogP contribution in [0.5, 0.6) is 0 Å². The molecule has 1 rings (SSSR count). The van der Waals surface area contributed by atoms with E-state index in [2.05, 4.69) is 32.9 Å². The fourth-order valence-electron chi connectivity index (χ4n) is 0.483. The molecule has 0 bridgehead atoms. The van der Waals surface area contributed by atoms with Gasteiger partial charge in [-0.15, -0.1) is 5.10 Å². The van der Waals surface area contributed by atoms with Crippen molar-refractivity contribution in [2.24, 2.45) is 5.10 Å². The molecule has 1 aromatic heterocycles. The van der Waals surface area contributed by atoms with Crippen LogP contribution in [0.3, 0.4) is 0 Å². The Balaban J connectivity index is 2.57. The summed E-state index contributed by atoms with van der Waals surface area (Å²) in [5, 5.41) is 5.68. The average Bonchev–Trinajstić information content (AvgIpc) is 2.34. The van der Waals surface area contributed by atoms with Crippen LogP contribution in [0.25, 0.3) is 0 Å². The van der Waals surface area contributed by atoms with Crippen LogP contribution in [-0.2, 0) is 0 Å². The van der Waals surface area contributed by atoms with Crippen LogP contribution >= 0.6 is 12.2 Å². The predicted molar refractivity (Wildman–Crippen MR) is 39.4 cm³/mol. The number of hydrazone groups is 1. The highest BCUT2D eigenvalue weighted by Gasteiger charge is 1.82. The summed E-state index contributed by atoms with van der Waals surface area (Å²) in [6, 6.07) is 3.71. The maximum atomic E-state index is 4.33. The van der Waals surface area contributed by atoms with E-state index in [9.17, 15) is 0 Å². The van der Waals surface area contributed by atoms with Gasteiger partial charge >= 0.3 is 0 Å². The van der Waals surface area contributed by atoms with Crippen LogP contribution in [0.15, 0.2) is 23.4 Å². The van der Waals surface area contributed by atoms with Crippen molar-refractivity contribution in [2.75, 3.05) is 5.43 Å². The minimum atomic E-state index is 0.812. The van der Waals surface area contributed by atoms with Gasteiger partial charge in [-0.05, 0) is 24.4 Å². The van der Waals surface area contributed by atoms with Crippen molar-refractivity contribution in [3.63, 3.8) is 0 Å². The first-order chi connectivity index (χ1) is 4.43. The summed E-state index contributed by atoms with van der Waals surface area (Å²) in [4.78, 5) is 2.88. The molecule has 0 aromatic carbocycles. The van der Waals surface area contributed by atoms with Crippen LogP contribution in [0.1, 0.15) is 0 Å². The molecule has 0 aliphatic carbocycles. The van der Waals surface area contributed by atoms with Crippen LogP contribution in [0.2, 0.25) is 0 Å². The van der Waals surface area contributed by atoms with Gasteiger partial charge in [-0.2, -0.15) is 0 Å². The standard InChI is InChI=1S/C5H5N3S/c9-4-7-8-5-2-1-3-6-5/h1-3,6,8H. The predicted octanol–water partition coefficient (Wildman–Crippen LogP) is 1.44. The van der Waals surface area contributed by atoms with Gasteiger partial charge in [-0.25, -0.2) is 0 Å². The molecule has 9 heavy (non-hydrogen) atoms. The van der Waals surface area contributed by atoms with E-state index in [4.69, 9.17) is 0 Å². The van der Waals surface area contributed by atoms with E-state index in [-0.39, 0.29) is 0 Å². The maximum Gasteiger partial charge on any atom is 0.124 e. The number of H-pyrrole nitrogens is 1. The van der Waals surface area contributed by atoms with Crippen molar-refractivity contribution in [3.8, 4) is 0 Å². The molecular formula is C5H5N3S. The summed E-state index contributed by atoms with van der Waals surface area (Å²) in [5.74, 6) is 0.812. The number of hydrogen-bond donors (Lipinski definition) is 2. The number of aromatic nitrogens is 1. The third-order valence-electron chi connectivity index (χ3n) is 0.820. The SMILES string of the molecule is S=C=NNc1ccc[nH]1. The van der Waals surface area contributed by atoms with E-state index >= 15 is 0 Å². The molecule has 0 fully saturated rings. The number of nitrogens with zero attached hydrogens (tertiary/aromatic N) is 1. The van der Waals surface area contributed by atoms with Crippen LogP contribution in [-0.4, -0.2) is 10.1 Å². The van der Waals surface area contributed by atoms with Gasteiger partial charge in [0.15, 0.2) is 0 Å². The van der Waals surface area contributed by atoms with Gasteiger partial charge in [0.05, 0.1) is 5.16 Å². The summed E-state index contributed by atoms with van der Waals surface area (Å²) in [6.07, 6.45) is 1.79. The zero-order valence-electron chi connectivity index (χ0n) is 4.59. The minimum Gasteiger partial charge on any atom is -0.347 e. The van der Waals surface area contributed by atoms with Crippen LogP contribution in [0.4, 0.5) is 5.82 Å². The van der Waals surface area contributed by atoms with E-state index < -0.39 is 0 Å². The lowest BCUT2D eigenvalue weighted by atomic mass is 10.6. The number of hydrogen-bond acceptors (Lipinski definition) is 3. The third-order valence-corrected chi connectivity index (χ3v) is 0.911. The van der Waals surface area contributed by atoms with Gasteiger partial charge in [-0.1, -0.05) is 0 Å². The topological polar surface area (TPSA) is 40.2 Å². The van der Waals surface area contributed by atoms with Crippen LogP contribution < -0.4 is 5.43 Å². The van der Waals surface area contributed by atoms with Gasteiger partial charge < -0.3 is 4.98 Å². The van der Waals surface area contributed by atoms with Crippen LogP contribution in [0, 0.1) is 0 Å². The van der Waals surface area contributed by atoms with Crippen molar-refractivity contribution in [1.82, 2.24) is 4.98 Å². The molecule has 0 saturated heterocycles. The largest absolute Gasteiger partial charge is 0.347 e. The molecule has 0 unspecified atom stereocenters. The lowest BCUT2D eigenvalue weighted by Crippen LogP contribution is -1.84. The maximum absolute atomic E-state index is 4.33. The monoisotopic (exact) mass is 139 g/mol. The fourth-order valence-corrected chi connectivity index (χ4v) is 0.529. The number of isothiocyanates is 1. The van der Waals surface area contributed by atoms with E-state index in [1.807, 2.05) is 12.1 Å². The van der Waals surface area contributed by atoms with Crippen molar-refractivity contribution in [1.29, 1.82) is 0 Å². The molecule has 1 heterocycles. The van der Waals surface area contributed by atoms with E-state index in [1.54, 1.807) is 6.20 Å². The summed E-state index contributed by atoms with van der Waals surface area (Å²) in [5.41, 5.74) is 2.63. The fraction of sp³-hybridized carbons (Fsp3) is 0. The highest BCUT2D eigenvalue weighted by Crippen LogP contribution is 1.98. The molecule has 0 saturated carbocycles. The Morgan fingerprint density at radius 2 is 2.67 bits per heavy atom. The molecule has 0 amide bonds. The summed E-state index contributed by atoms with van der Waals surface area (Å²) in [7, 11) is 0. The van der Waals surface area contributed by atoms with E-state index in [0.29, 0.717) is 0 Å². The molecule has 0 aliphatic heterocycles. The molecule has 1 aromatic rings. The van der Waals surface area contributed by atoms with Gasteiger partial charge in [-0.3, -0.25) is 5.43 Å². The molecule has 0 aliphatic rings. The average molecular weight is 139 g/mol. The molecular weight excluding hydrogens is 134 g/mol. The second-order valence-corrected chi connectivity index (χ2v) is 1.58. The molecule has 0 atom stereocenters. The van der Waals surface area contributed by atoms with Gasteiger partial charge in [0.25, 0.3) is 0 Å². The van der Waals surface area contributed by atoms with Crippen molar-refractivity contribution < 1.29 is 0 Å². The number of thiocarbonyl (C=S) groups is 1. The molecule has 3 nitrogen and oxygen atoms in total. The summed E-state index contributed by atoms with van der Waals surface area (Å²) >= 11 is 4.33. The van der Waals surface area contributed by atoms with E-state index in [0.717, 1.165) is 5.82 Å². The number of rotatable bonds is 2. The van der Waals surface area contributed by atoms with Gasteiger partial charge in [0.1, 0.15) is 5.82 Å². The van der Waals surface area contributed by atoms with E-state index in [1.165, 1.54) is 0 Å². The van der Waals surface area contributed by atoms with Gasteiger partial charge in [0.2, 0.25) is 0 Å². The normalized spacial score (nSPS) is 8.00. The first-order valence-electron chi connectivity index (χ1n) is 2.40.